The van der Waals surface area contributed by atoms with Crippen LogP contribution in [0, 0.1) is 0 Å². The molecule has 1 aromatic rings. The Hall–Kier alpha value is -2.25. The summed E-state index contributed by atoms with van der Waals surface area (Å²) in [5.41, 5.74) is 2.96. The molecule has 2 saturated heterocycles. The van der Waals surface area contributed by atoms with E-state index in [2.05, 4.69) is 16.0 Å². The molecule has 3 amide bonds. The number of nitrogens with one attached hydrogen (secondary N) is 3. The summed E-state index contributed by atoms with van der Waals surface area (Å²) in [5, 5.41) is 9.72. The minimum atomic E-state index is -0.560. The molecule has 0 aromatic heterocycles. The number of piperidine rings is 2. The van der Waals surface area contributed by atoms with Gasteiger partial charge >= 0.3 is 0 Å². The molecule has 3 heterocycles. The molecule has 4 aliphatic rings. The zero-order valence-corrected chi connectivity index (χ0v) is 15.9. The highest BCUT2D eigenvalue weighted by molar-refractivity contribution is 6.05. The number of carbonyl (C=O) groups excluding carboxylic acids is 3. The van der Waals surface area contributed by atoms with E-state index in [9.17, 15) is 14.4 Å². The van der Waals surface area contributed by atoms with Crippen molar-refractivity contribution in [3.63, 3.8) is 0 Å². The van der Waals surface area contributed by atoms with Crippen LogP contribution in [-0.4, -0.2) is 46.8 Å². The second-order valence-electron chi connectivity index (χ2n) is 8.51. The smallest absolute Gasteiger partial charge is 0.255 e. The Labute approximate surface area is 164 Å². The number of hydrogen-bond acceptors (Lipinski definition) is 5. The summed E-state index contributed by atoms with van der Waals surface area (Å²) in [5.74, 6) is -0.712. The molecule has 5 rings (SSSR count). The molecule has 3 fully saturated rings. The third-order valence-corrected chi connectivity index (χ3v) is 6.78. The molecule has 3 aliphatic heterocycles. The van der Waals surface area contributed by atoms with Crippen LogP contribution in [0.1, 0.15) is 60.0 Å². The van der Waals surface area contributed by atoms with E-state index in [1.807, 2.05) is 18.2 Å². The van der Waals surface area contributed by atoms with E-state index in [0.717, 1.165) is 23.2 Å². The van der Waals surface area contributed by atoms with Crippen LogP contribution in [-0.2, 0) is 22.7 Å². The van der Waals surface area contributed by atoms with Crippen molar-refractivity contribution in [1.82, 2.24) is 20.9 Å². The normalized spacial score (nSPS) is 28.4. The number of nitrogens with zero attached hydrogens (tertiary/aromatic N) is 1. The summed E-state index contributed by atoms with van der Waals surface area (Å²) >= 11 is 0. The van der Waals surface area contributed by atoms with Gasteiger partial charge in [-0.05, 0) is 49.8 Å². The van der Waals surface area contributed by atoms with Gasteiger partial charge in [0, 0.05) is 36.7 Å². The largest absolute Gasteiger partial charge is 0.322 e. The fraction of sp³-hybridized carbons (Fsp3) is 0.571. The fourth-order valence-electron chi connectivity index (χ4n) is 5.07. The van der Waals surface area contributed by atoms with Gasteiger partial charge in [0.05, 0.1) is 0 Å². The van der Waals surface area contributed by atoms with Gasteiger partial charge in [0.25, 0.3) is 5.91 Å². The molecule has 1 aromatic carbocycles. The first-order valence-corrected chi connectivity index (χ1v) is 10.3. The summed E-state index contributed by atoms with van der Waals surface area (Å²) in [4.78, 5) is 38.5. The highest BCUT2D eigenvalue weighted by Gasteiger charge is 2.50. The number of imide groups is 1. The van der Waals surface area contributed by atoms with Gasteiger partial charge in [-0.1, -0.05) is 18.2 Å². The lowest BCUT2D eigenvalue weighted by molar-refractivity contribution is -0.136. The number of fused-ring (bicyclic) bond motifs is 1. The zero-order valence-electron chi connectivity index (χ0n) is 15.9. The summed E-state index contributed by atoms with van der Waals surface area (Å²) in [6.45, 7) is 2.19. The lowest BCUT2D eigenvalue weighted by atomic mass is 9.95. The summed E-state index contributed by atoms with van der Waals surface area (Å²) in [7, 11) is 0. The molecule has 1 saturated carbocycles. The molecule has 28 heavy (non-hydrogen) atoms. The Morgan fingerprint density at radius 2 is 2.04 bits per heavy atom. The third-order valence-electron chi connectivity index (χ3n) is 6.78. The Bertz CT molecular complexity index is 848. The Morgan fingerprint density at radius 3 is 2.82 bits per heavy atom. The minimum Gasteiger partial charge on any atom is -0.322 e. The molecule has 0 bridgehead atoms. The maximum absolute atomic E-state index is 13.2. The zero-order chi connectivity index (χ0) is 19.3. The first-order chi connectivity index (χ1) is 13.6. The van der Waals surface area contributed by atoms with Crippen LogP contribution in [0.3, 0.4) is 0 Å². The van der Waals surface area contributed by atoms with Crippen molar-refractivity contribution in [2.75, 3.05) is 6.54 Å². The molecule has 3 N–H and O–H groups in total. The van der Waals surface area contributed by atoms with Gasteiger partial charge in [0.2, 0.25) is 11.8 Å². The van der Waals surface area contributed by atoms with Crippen molar-refractivity contribution in [2.45, 2.75) is 69.2 Å². The first kappa shape index (κ1) is 17.8. The predicted molar refractivity (Wildman–Crippen MR) is 102 cm³/mol. The SMILES string of the molecule is O=C1CCC(N2Cc3cccc(CNC4CCCNC45CC5)c3C2=O)C(=O)N1. The predicted octanol–water partition coefficient (Wildman–Crippen LogP) is 0.822. The highest BCUT2D eigenvalue weighted by atomic mass is 16.2. The lowest BCUT2D eigenvalue weighted by Gasteiger charge is -2.34. The molecule has 2 unspecified atom stereocenters. The molecular weight excluding hydrogens is 356 g/mol. The Balaban J connectivity index is 1.33. The van der Waals surface area contributed by atoms with E-state index in [0.29, 0.717) is 25.6 Å². The van der Waals surface area contributed by atoms with Gasteiger partial charge in [-0.2, -0.15) is 0 Å². The number of benzene rings is 1. The summed E-state index contributed by atoms with van der Waals surface area (Å²) in [6, 6.07) is 5.85. The van der Waals surface area contributed by atoms with Crippen molar-refractivity contribution in [2.24, 2.45) is 0 Å². The van der Waals surface area contributed by atoms with Crippen molar-refractivity contribution < 1.29 is 14.4 Å². The number of amides is 3. The van der Waals surface area contributed by atoms with Crippen LogP contribution in [0.25, 0.3) is 0 Å². The molecule has 148 valence electrons. The van der Waals surface area contributed by atoms with Crippen molar-refractivity contribution in [3.8, 4) is 0 Å². The number of carbonyl (C=O) groups is 3. The number of hydrogen-bond donors (Lipinski definition) is 3. The standard InChI is InChI=1S/C21H26N4O3/c26-17-7-6-15(19(27)24-17)25-12-14-4-1-3-13(18(14)20(25)28)11-22-16-5-2-10-23-21(16)8-9-21/h1,3-4,15-16,22-23H,2,5-12H2,(H,24,26,27). The molecule has 1 aliphatic carbocycles. The third kappa shape index (κ3) is 2.93. The summed E-state index contributed by atoms with van der Waals surface area (Å²) in [6.07, 6.45) is 5.46. The Morgan fingerprint density at radius 1 is 1.18 bits per heavy atom. The van der Waals surface area contributed by atoms with Crippen molar-refractivity contribution in [1.29, 1.82) is 0 Å². The topological polar surface area (TPSA) is 90.5 Å². The fourth-order valence-corrected chi connectivity index (χ4v) is 5.07. The molecule has 2 atom stereocenters. The second kappa shape index (κ2) is 6.67. The van der Waals surface area contributed by atoms with Crippen LogP contribution in [0.15, 0.2) is 18.2 Å². The van der Waals surface area contributed by atoms with E-state index in [1.165, 1.54) is 25.7 Å². The maximum Gasteiger partial charge on any atom is 0.255 e. The van der Waals surface area contributed by atoms with Gasteiger partial charge in [-0.15, -0.1) is 0 Å². The molecule has 7 nitrogen and oxygen atoms in total. The maximum atomic E-state index is 13.2. The quantitative estimate of drug-likeness (QED) is 0.671. The van der Waals surface area contributed by atoms with E-state index in [4.69, 9.17) is 0 Å². The van der Waals surface area contributed by atoms with Crippen molar-refractivity contribution in [3.05, 3.63) is 34.9 Å². The molecular formula is C21H26N4O3. The average molecular weight is 382 g/mol. The Kier molecular flexibility index (Phi) is 4.25. The second-order valence-corrected chi connectivity index (χ2v) is 8.51. The average Bonchev–Trinajstić information content (AvgIpc) is 3.37. The van der Waals surface area contributed by atoms with E-state index in [-0.39, 0.29) is 29.7 Å². The van der Waals surface area contributed by atoms with Crippen molar-refractivity contribution >= 4 is 17.7 Å². The highest BCUT2D eigenvalue weighted by Crippen LogP contribution is 2.42. The number of rotatable bonds is 4. The monoisotopic (exact) mass is 382 g/mol. The van der Waals surface area contributed by atoms with Gasteiger partial charge in [0.1, 0.15) is 6.04 Å². The van der Waals surface area contributed by atoms with Crippen LogP contribution in [0.5, 0.6) is 0 Å². The van der Waals surface area contributed by atoms with Crippen LogP contribution in [0.2, 0.25) is 0 Å². The lowest BCUT2D eigenvalue weighted by Crippen LogP contribution is -2.53. The molecule has 7 heteroatoms. The first-order valence-electron chi connectivity index (χ1n) is 10.3. The van der Waals surface area contributed by atoms with Crippen LogP contribution < -0.4 is 16.0 Å². The van der Waals surface area contributed by atoms with E-state index >= 15 is 0 Å². The van der Waals surface area contributed by atoms with E-state index < -0.39 is 6.04 Å². The molecule has 1 spiro atoms. The van der Waals surface area contributed by atoms with Gasteiger partial charge in [-0.3, -0.25) is 19.7 Å². The van der Waals surface area contributed by atoms with Crippen LogP contribution >= 0.6 is 0 Å². The molecule has 0 radical (unpaired) electrons. The summed E-state index contributed by atoms with van der Waals surface area (Å²) < 4.78 is 0. The van der Waals surface area contributed by atoms with E-state index in [1.54, 1.807) is 4.90 Å². The van der Waals surface area contributed by atoms with Gasteiger partial charge < -0.3 is 15.5 Å². The van der Waals surface area contributed by atoms with Gasteiger partial charge in [-0.25, -0.2) is 0 Å². The van der Waals surface area contributed by atoms with Crippen LogP contribution in [0.4, 0.5) is 0 Å². The minimum absolute atomic E-state index is 0.0928. The van der Waals surface area contributed by atoms with Gasteiger partial charge in [0.15, 0.2) is 0 Å².